The van der Waals surface area contributed by atoms with Crippen molar-refractivity contribution in [3.63, 3.8) is 0 Å². The minimum atomic E-state index is -2.36. The summed E-state index contributed by atoms with van der Waals surface area (Å²) < 4.78 is 18.8. The van der Waals surface area contributed by atoms with Crippen LogP contribution in [-0.4, -0.2) is 46.9 Å². The van der Waals surface area contributed by atoms with Gasteiger partial charge in [0.15, 0.2) is 5.60 Å². The van der Waals surface area contributed by atoms with Crippen molar-refractivity contribution in [2.45, 2.75) is 406 Å². The fourth-order valence-corrected chi connectivity index (χ4v) is 10.7. The summed E-state index contributed by atoms with van der Waals surface area (Å²) in [7, 11) is 0. The monoisotopic (exact) mass is 1030 g/mol. The Morgan fingerprint density at radius 1 is 0.274 bits per heavy atom. The summed E-state index contributed by atoms with van der Waals surface area (Å²) in [4.78, 5) is 42.9. The summed E-state index contributed by atoms with van der Waals surface area (Å²) in [5.41, 5.74) is -2.36. The molecule has 0 fully saturated rings. The fourth-order valence-electron chi connectivity index (χ4n) is 10.7. The van der Waals surface area contributed by atoms with Crippen LogP contribution in [0.25, 0.3) is 0 Å². The summed E-state index contributed by atoms with van der Waals surface area (Å²) in [6, 6.07) is 0. The molecule has 0 aliphatic rings. The van der Waals surface area contributed by atoms with E-state index in [1.165, 1.54) is 205 Å². The largest absolute Gasteiger partial charge is 0.462 e. The maximum absolute atomic E-state index is 14.6. The highest BCUT2D eigenvalue weighted by atomic mass is 16.6. The van der Waals surface area contributed by atoms with E-state index in [1.54, 1.807) is 0 Å². The first-order valence-electron chi connectivity index (χ1n) is 33.0. The molecule has 0 rings (SSSR count). The number of carbonyl (C=O) groups is 3. The second-order valence-corrected chi connectivity index (χ2v) is 23.2. The molecule has 0 saturated heterocycles. The maximum atomic E-state index is 14.6. The number of unbranched alkanes of at least 4 members (excludes halogenated alkanes) is 39. The van der Waals surface area contributed by atoms with Crippen molar-refractivity contribution >= 4 is 17.9 Å². The molecule has 0 aliphatic carbocycles. The topological polar surface area (TPSA) is 99.1 Å². The lowest BCUT2D eigenvalue weighted by molar-refractivity contribution is -0.184. The van der Waals surface area contributed by atoms with Gasteiger partial charge in [-0.2, -0.15) is 0 Å². The molecule has 434 valence electrons. The summed E-state index contributed by atoms with van der Waals surface area (Å²) in [5.74, 6) is -2.11. The first-order valence-corrected chi connectivity index (χ1v) is 33.0. The van der Waals surface area contributed by atoms with Crippen molar-refractivity contribution in [2.24, 2.45) is 0 Å². The number of hydrogen-bond acceptors (Lipinski definition) is 7. The van der Waals surface area contributed by atoms with Crippen LogP contribution in [0, 0.1) is 0 Å². The second-order valence-electron chi connectivity index (χ2n) is 23.2. The minimum Gasteiger partial charge on any atom is -0.462 e. The quantitative estimate of drug-likeness (QED) is 0.0368. The van der Waals surface area contributed by atoms with Gasteiger partial charge in [0.1, 0.15) is 18.3 Å². The molecule has 7 nitrogen and oxygen atoms in total. The van der Waals surface area contributed by atoms with E-state index in [-0.39, 0.29) is 18.3 Å². The number of ether oxygens (including phenoxy) is 3. The van der Waals surface area contributed by atoms with Gasteiger partial charge in [0, 0.05) is 0 Å². The van der Waals surface area contributed by atoms with Gasteiger partial charge in [-0.25, -0.2) is 4.79 Å². The Labute approximate surface area is 455 Å². The van der Waals surface area contributed by atoms with Crippen LogP contribution in [0.15, 0.2) is 0 Å². The molecule has 3 atom stereocenters. The van der Waals surface area contributed by atoms with E-state index in [9.17, 15) is 19.5 Å². The van der Waals surface area contributed by atoms with Gasteiger partial charge in [-0.15, -0.1) is 0 Å². The Hall–Kier alpha value is -1.63. The third-order valence-electron chi connectivity index (χ3n) is 15.7. The Morgan fingerprint density at radius 2 is 0.438 bits per heavy atom. The lowest BCUT2D eigenvalue weighted by Gasteiger charge is -2.29. The Bertz CT molecular complexity index is 1110. The van der Waals surface area contributed by atoms with Crippen molar-refractivity contribution in [3.05, 3.63) is 0 Å². The zero-order valence-electron chi connectivity index (χ0n) is 50.1. The molecule has 0 aromatic carbocycles. The number of rotatable bonds is 59. The molecule has 3 unspecified atom stereocenters. The van der Waals surface area contributed by atoms with Crippen LogP contribution in [0.4, 0.5) is 0 Å². The molecule has 0 saturated carbocycles. The van der Waals surface area contributed by atoms with Crippen LogP contribution in [0.3, 0.4) is 0 Å². The van der Waals surface area contributed by atoms with E-state index < -0.39 is 36.4 Å². The molecule has 73 heavy (non-hydrogen) atoms. The number of aliphatic hydroxyl groups is 1. The van der Waals surface area contributed by atoms with Crippen LogP contribution in [0.2, 0.25) is 0 Å². The zero-order chi connectivity index (χ0) is 53.6. The first-order chi connectivity index (χ1) is 35.7. The van der Waals surface area contributed by atoms with Gasteiger partial charge in [0.25, 0.3) is 0 Å². The lowest BCUT2D eigenvalue weighted by Crippen LogP contribution is -2.46. The first kappa shape index (κ1) is 71.4. The van der Waals surface area contributed by atoms with Crippen LogP contribution in [-0.2, 0) is 28.6 Å². The van der Waals surface area contributed by atoms with Gasteiger partial charge in [0.05, 0.1) is 12.8 Å². The highest BCUT2D eigenvalue weighted by Crippen LogP contribution is 2.28. The van der Waals surface area contributed by atoms with Crippen LogP contribution in [0.1, 0.15) is 382 Å². The van der Waals surface area contributed by atoms with Gasteiger partial charge in [-0.3, -0.25) is 9.59 Å². The third kappa shape index (κ3) is 47.3. The van der Waals surface area contributed by atoms with Crippen molar-refractivity contribution in [1.82, 2.24) is 0 Å². The van der Waals surface area contributed by atoms with Gasteiger partial charge in [0.2, 0.25) is 0 Å². The molecule has 7 heteroatoms. The van der Waals surface area contributed by atoms with Crippen molar-refractivity contribution in [2.75, 3.05) is 0 Å². The number of carbonyl (C=O) groups excluding carboxylic acids is 3. The SMILES string of the molecule is CCCCCCCCCCCC(CCCCCCCC)OC(=O)CC(O)(CC(=O)OC(CCCCCCCC)CCCCCCCCCCC)C(=O)OC(CCCCCCCC)CCCCCCCCCCC. The minimum absolute atomic E-state index is 0.277. The Balaban J connectivity index is 6.32. The predicted molar refractivity (Wildman–Crippen MR) is 313 cm³/mol. The van der Waals surface area contributed by atoms with E-state index >= 15 is 0 Å². The highest BCUT2D eigenvalue weighted by molar-refractivity contribution is 5.90. The molecule has 0 heterocycles. The Morgan fingerprint density at radius 3 is 0.630 bits per heavy atom. The number of esters is 3. The summed E-state index contributed by atoms with van der Waals surface area (Å²) in [6.45, 7) is 13.5. The molecular formula is C66H128O7. The third-order valence-corrected chi connectivity index (χ3v) is 15.7. The van der Waals surface area contributed by atoms with Crippen molar-refractivity contribution < 1.29 is 33.7 Å². The molecule has 0 aromatic rings. The van der Waals surface area contributed by atoms with Crippen LogP contribution < -0.4 is 0 Å². The van der Waals surface area contributed by atoms with Crippen LogP contribution in [0.5, 0.6) is 0 Å². The summed E-state index contributed by atoms with van der Waals surface area (Å²) >= 11 is 0. The van der Waals surface area contributed by atoms with Gasteiger partial charge in [-0.05, 0) is 77.0 Å². The highest BCUT2D eigenvalue weighted by Gasteiger charge is 2.45. The van der Waals surface area contributed by atoms with E-state index in [1.807, 2.05) is 0 Å². The molecule has 0 amide bonds. The van der Waals surface area contributed by atoms with E-state index in [0.717, 1.165) is 122 Å². The summed E-state index contributed by atoms with van der Waals surface area (Å²) in [5, 5.41) is 12.5. The molecule has 1 N–H and O–H groups in total. The second kappa shape index (κ2) is 55.1. The summed E-state index contributed by atoms with van der Waals surface area (Å²) in [6.07, 6.45) is 56.0. The van der Waals surface area contributed by atoms with Gasteiger partial charge in [-0.1, -0.05) is 292 Å². The maximum Gasteiger partial charge on any atom is 0.339 e. The smallest absolute Gasteiger partial charge is 0.339 e. The molecule has 0 bridgehead atoms. The average molecular weight is 1030 g/mol. The van der Waals surface area contributed by atoms with E-state index in [0.29, 0.717) is 0 Å². The average Bonchev–Trinajstić information content (AvgIpc) is 3.37. The Kier molecular flexibility index (Phi) is 53.9. The normalized spacial score (nSPS) is 13.7. The zero-order valence-corrected chi connectivity index (χ0v) is 50.1. The van der Waals surface area contributed by atoms with Gasteiger partial charge < -0.3 is 19.3 Å². The van der Waals surface area contributed by atoms with E-state index in [2.05, 4.69) is 41.5 Å². The molecule has 0 aliphatic heterocycles. The fraction of sp³-hybridized carbons (Fsp3) is 0.955. The van der Waals surface area contributed by atoms with Crippen molar-refractivity contribution in [1.29, 1.82) is 0 Å². The number of hydrogen-bond donors (Lipinski definition) is 1. The van der Waals surface area contributed by atoms with Gasteiger partial charge >= 0.3 is 17.9 Å². The van der Waals surface area contributed by atoms with Crippen molar-refractivity contribution in [3.8, 4) is 0 Å². The van der Waals surface area contributed by atoms with Crippen LogP contribution >= 0.6 is 0 Å². The molecular weight excluding hydrogens is 905 g/mol. The van der Waals surface area contributed by atoms with E-state index in [4.69, 9.17) is 14.2 Å². The molecule has 0 spiro atoms. The molecule has 0 aromatic heterocycles. The lowest BCUT2D eigenvalue weighted by atomic mass is 9.94. The standard InChI is InChI=1S/C66H128O7/c1-7-13-19-25-31-34-37-43-48-54-60(52-46-40-28-22-16-10-4)71-63(67)58-66(70,65(69)73-62(56-50-42-30-24-18-12-6)57-51-45-39-36-33-27-21-15-9-3)59-64(68)72-61(53-47-41-29-23-17-11-5)55-49-44-38-35-32-26-20-14-8-2/h60-62,70H,7-59H2,1-6H3. The predicted octanol–water partition coefficient (Wildman–Crippen LogP) is 21.2. The molecule has 0 radical (unpaired) electrons.